The van der Waals surface area contributed by atoms with Gasteiger partial charge in [0, 0.05) is 0 Å². The quantitative estimate of drug-likeness (QED) is 0.513. The Balaban J connectivity index is 3.88. The molecule has 4 N–H and O–H groups in total. The van der Waals surface area contributed by atoms with Crippen molar-refractivity contribution in [3.8, 4) is 0 Å². The molecule has 0 unspecified atom stereocenters. The highest BCUT2D eigenvalue weighted by Crippen LogP contribution is 1.93. The largest absolute Gasteiger partial charge is 0.468 e. The van der Waals surface area contributed by atoms with Gasteiger partial charge >= 0.3 is 5.97 Å². The number of primary sulfonamides is 1. The van der Waals surface area contributed by atoms with Crippen molar-refractivity contribution in [2.75, 3.05) is 12.9 Å². The van der Waals surface area contributed by atoms with E-state index in [9.17, 15) is 13.2 Å². The summed E-state index contributed by atoms with van der Waals surface area (Å²) >= 11 is 0. The molecule has 0 aliphatic heterocycles. The Morgan fingerprint density at radius 1 is 1.58 bits per heavy atom. The van der Waals surface area contributed by atoms with Crippen LogP contribution in [0.1, 0.15) is 6.42 Å². The lowest BCUT2D eigenvalue weighted by Gasteiger charge is -2.06. The van der Waals surface area contributed by atoms with Crippen LogP contribution in [0, 0.1) is 0 Å². The van der Waals surface area contributed by atoms with Crippen molar-refractivity contribution >= 4 is 16.0 Å². The molecular weight excluding hydrogens is 184 g/mol. The van der Waals surface area contributed by atoms with Crippen LogP contribution in [0.4, 0.5) is 0 Å². The second kappa shape index (κ2) is 4.39. The SMILES string of the molecule is COC(=O)[C@H](N)CCS(N)(=O)=O. The van der Waals surface area contributed by atoms with Crippen molar-refractivity contribution in [3.05, 3.63) is 0 Å². The monoisotopic (exact) mass is 196 g/mol. The van der Waals surface area contributed by atoms with E-state index in [1.54, 1.807) is 0 Å². The van der Waals surface area contributed by atoms with Gasteiger partial charge in [0.15, 0.2) is 0 Å². The number of carbonyl (C=O) groups is 1. The molecule has 0 fully saturated rings. The molecule has 0 aromatic rings. The average Bonchev–Trinajstić information content (AvgIpc) is 1.97. The normalized spacial score (nSPS) is 13.9. The fraction of sp³-hybridized carbons (Fsp3) is 0.800. The van der Waals surface area contributed by atoms with Crippen LogP contribution in [0.5, 0.6) is 0 Å². The first-order valence-electron chi connectivity index (χ1n) is 3.20. The number of hydrogen-bond acceptors (Lipinski definition) is 5. The van der Waals surface area contributed by atoms with Gasteiger partial charge < -0.3 is 10.5 Å². The molecule has 0 amide bonds. The zero-order chi connectivity index (χ0) is 9.78. The summed E-state index contributed by atoms with van der Waals surface area (Å²) in [5.41, 5.74) is 5.24. The number of methoxy groups -OCH3 is 1. The zero-order valence-corrected chi connectivity index (χ0v) is 7.50. The van der Waals surface area contributed by atoms with Crippen molar-refractivity contribution in [2.45, 2.75) is 12.5 Å². The molecule has 0 saturated carbocycles. The standard InChI is InChI=1S/C5H12N2O4S/c1-11-5(8)4(6)2-3-12(7,9)10/h4H,2-3,6H2,1H3,(H2,7,9,10)/t4-/m1/s1. The van der Waals surface area contributed by atoms with Crippen LogP contribution in [0.3, 0.4) is 0 Å². The Morgan fingerprint density at radius 2 is 2.08 bits per heavy atom. The summed E-state index contributed by atoms with van der Waals surface area (Å²) < 4.78 is 25.1. The molecule has 12 heavy (non-hydrogen) atoms. The Morgan fingerprint density at radius 3 is 2.42 bits per heavy atom. The summed E-state index contributed by atoms with van der Waals surface area (Å²) in [6.07, 6.45) is -0.0223. The van der Waals surface area contributed by atoms with Crippen LogP contribution in [-0.2, 0) is 19.6 Å². The molecule has 72 valence electrons. The predicted octanol–water partition coefficient (Wildman–Crippen LogP) is -1.83. The fourth-order valence-corrected chi connectivity index (χ4v) is 1.14. The molecule has 7 heteroatoms. The van der Waals surface area contributed by atoms with Gasteiger partial charge in [-0.2, -0.15) is 0 Å². The van der Waals surface area contributed by atoms with Crippen molar-refractivity contribution in [2.24, 2.45) is 10.9 Å². The van der Waals surface area contributed by atoms with Gasteiger partial charge in [0.25, 0.3) is 0 Å². The van der Waals surface area contributed by atoms with Crippen LogP contribution in [-0.4, -0.2) is 33.3 Å². The minimum absolute atomic E-state index is 0.0223. The average molecular weight is 196 g/mol. The van der Waals surface area contributed by atoms with Gasteiger partial charge in [-0.1, -0.05) is 0 Å². The van der Waals surface area contributed by atoms with Gasteiger partial charge in [0.05, 0.1) is 12.9 Å². The van der Waals surface area contributed by atoms with E-state index in [0.29, 0.717) is 0 Å². The van der Waals surface area contributed by atoms with Crippen LogP contribution in [0.15, 0.2) is 0 Å². The Labute approximate surface area is 70.9 Å². The van der Waals surface area contributed by atoms with E-state index in [1.807, 2.05) is 0 Å². The maximum atomic E-state index is 10.6. The topological polar surface area (TPSA) is 112 Å². The third-order valence-electron chi connectivity index (χ3n) is 1.22. The molecule has 1 atom stereocenters. The van der Waals surface area contributed by atoms with Crippen LogP contribution in [0.25, 0.3) is 0 Å². The number of sulfonamides is 1. The molecule has 0 spiro atoms. The number of ether oxygens (including phenoxy) is 1. The first kappa shape index (κ1) is 11.3. The maximum absolute atomic E-state index is 10.6. The van der Waals surface area contributed by atoms with E-state index in [-0.39, 0.29) is 12.2 Å². The van der Waals surface area contributed by atoms with Gasteiger partial charge in [0.2, 0.25) is 10.0 Å². The second-order valence-electron chi connectivity index (χ2n) is 2.29. The molecule has 0 bridgehead atoms. The minimum atomic E-state index is -3.55. The first-order valence-corrected chi connectivity index (χ1v) is 4.92. The predicted molar refractivity (Wildman–Crippen MR) is 42.6 cm³/mol. The minimum Gasteiger partial charge on any atom is -0.468 e. The fourth-order valence-electron chi connectivity index (χ4n) is 0.560. The molecule has 6 nitrogen and oxygen atoms in total. The maximum Gasteiger partial charge on any atom is 0.322 e. The number of nitrogens with two attached hydrogens (primary N) is 2. The van der Waals surface area contributed by atoms with Gasteiger partial charge in [-0.15, -0.1) is 0 Å². The molecule has 0 aliphatic rings. The zero-order valence-electron chi connectivity index (χ0n) is 6.69. The molecule has 0 rings (SSSR count). The summed E-state index contributed by atoms with van der Waals surface area (Å²) in [4.78, 5) is 10.6. The number of carbonyl (C=O) groups excluding carboxylic acids is 1. The number of esters is 1. The van der Waals surface area contributed by atoms with E-state index in [2.05, 4.69) is 9.88 Å². The van der Waals surface area contributed by atoms with Crippen molar-refractivity contribution < 1.29 is 17.9 Å². The van der Waals surface area contributed by atoms with Crippen molar-refractivity contribution in [1.82, 2.24) is 0 Å². The summed E-state index contributed by atoms with van der Waals surface area (Å²) in [5.74, 6) is -0.956. The number of hydrogen-bond donors (Lipinski definition) is 2. The summed E-state index contributed by atoms with van der Waals surface area (Å²) in [6.45, 7) is 0. The molecule has 0 aliphatic carbocycles. The molecule has 0 aromatic carbocycles. The lowest BCUT2D eigenvalue weighted by Crippen LogP contribution is -2.34. The van der Waals surface area contributed by atoms with Gasteiger partial charge in [0.1, 0.15) is 6.04 Å². The lowest BCUT2D eigenvalue weighted by molar-refractivity contribution is -0.142. The second-order valence-corrected chi connectivity index (χ2v) is 4.02. The summed E-state index contributed by atoms with van der Waals surface area (Å²) in [7, 11) is -2.37. The molecular formula is C5H12N2O4S. The van der Waals surface area contributed by atoms with E-state index in [0.717, 1.165) is 0 Å². The van der Waals surface area contributed by atoms with Gasteiger partial charge in [-0.25, -0.2) is 13.6 Å². The van der Waals surface area contributed by atoms with Crippen molar-refractivity contribution in [1.29, 1.82) is 0 Å². The van der Waals surface area contributed by atoms with Crippen LogP contribution < -0.4 is 10.9 Å². The highest BCUT2D eigenvalue weighted by Gasteiger charge is 2.15. The highest BCUT2D eigenvalue weighted by atomic mass is 32.2. The molecule has 0 aromatic heterocycles. The van der Waals surface area contributed by atoms with E-state index >= 15 is 0 Å². The Kier molecular flexibility index (Phi) is 4.15. The van der Waals surface area contributed by atoms with Crippen molar-refractivity contribution in [3.63, 3.8) is 0 Å². The lowest BCUT2D eigenvalue weighted by atomic mass is 10.2. The van der Waals surface area contributed by atoms with Crippen LogP contribution >= 0.6 is 0 Å². The molecule has 0 radical (unpaired) electrons. The van der Waals surface area contributed by atoms with E-state index in [4.69, 9.17) is 5.73 Å². The molecule has 0 heterocycles. The van der Waals surface area contributed by atoms with Gasteiger partial charge in [-0.05, 0) is 6.42 Å². The smallest absolute Gasteiger partial charge is 0.322 e. The summed E-state index contributed by atoms with van der Waals surface area (Å²) in [6, 6.07) is -0.923. The Hall–Kier alpha value is -0.660. The Bertz CT molecular complexity index is 248. The van der Waals surface area contributed by atoms with Crippen LogP contribution in [0.2, 0.25) is 0 Å². The first-order chi connectivity index (χ1) is 5.37. The van der Waals surface area contributed by atoms with Gasteiger partial charge in [-0.3, -0.25) is 4.79 Å². The van der Waals surface area contributed by atoms with E-state index < -0.39 is 22.0 Å². The highest BCUT2D eigenvalue weighted by molar-refractivity contribution is 7.89. The third-order valence-corrected chi connectivity index (χ3v) is 2.02. The third kappa shape index (κ3) is 5.05. The van der Waals surface area contributed by atoms with E-state index in [1.165, 1.54) is 7.11 Å². The summed E-state index contributed by atoms with van der Waals surface area (Å²) in [5, 5.41) is 4.69. The number of rotatable bonds is 4. The molecule has 0 saturated heterocycles.